The lowest BCUT2D eigenvalue weighted by atomic mass is 10.4. The Bertz CT molecular complexity index is 455. The second-order valence-corrected chi connectivity index (χ2v) is 7.24. The number of thioether (sulfide) groups is 1. The molecule has 0 spiro atoms. The van der Waals surface area contributed by atoms with Crippen molar-refractivity contribution in [1.82, 2.24) is 9.62 Å². The predicted octanol–water partition coefficient (Wildman–Crippen LogP) is 1.12. The molecular formula is C11H20N2O3S2. The first-order valence-electron chi connectivity index (χ1n) is 5.63. The molecule has 0 aliphatic carbocycles. The van der Waals surface area contributed by atoms with E-state index in [-0.39, 0.29) is 5.75 Å². The highest BCUT2D eigenvalue weighted by Crippen LogP contribution is 2.13. The van der Waals surface area contributed by atoms with Gasteiger partial charge in [0, 0.05) is 20.6 Å². The van der Waals surface area contributed by atoms with Crippen molar-refractivity contribution in [3.63, 3.8) is 0 Å². The molecule has 0 saturated heterocycles. The number of rotatable bonds is 8. The van der Waals surface area contributed by atoms with Crippen LogP contribution in [-0.2, 0) is 22.3 Å². The van der Waals surface area contributed by atoms with Crippen LogP contribution < -0.4 is 5.32 Å². The lowest BCUT2D eigenvalue weighted by Gasteiger charge is -2.11. The molecule has 0 atom stereocenters. The highest BCUT2D eigenvalue weighted by molar-refractivity contribution is 7.97. The molecule has 1 aromatic heterocycles. The van der Waals surface area contributed by atoms with Crippen LogP contribution in [0.3, 0.4) is 0 Å². The minimum atomic E-state index is -3.12. The highest BCUT2D eigenvalue weighted by Gasteiger charge is 2.12. The quantitative estimate of drug-likeness (QED) is 0.728. The van der Waals surface area contributed by atoms with Crippen LogP contribution in [0.2, 0.25) is 0 Å². The SMILES string of the molecule is CSCc1ccc(CNCCS(=O)(=O)N(C)C)o1. The van der Waals surface area contributed by atoms with E-state index >= 15 is 0 Å². The molecule has 0 amide bonds. The zero-order valence-electron chi connectivity index (χ0n) is 11.0. The summed E-state index contributed by atoms with van der Waals surface area (Å²) in [5.74, 6) is 2.73. The molecule has 1 heterocycles. The van der Waals surface area contributed by atoms with Crippen molar-refractivity contribution >= 4 is 21.8 Å². The van der Waals surface area contributed by atoms with Crippen LogP contribution in [0.5, 0.6) is 0 Å². The van der Waals surface area contributed by atoms with Crippen molar-refractivity contribution in [2.75, 3.05) is 32.6 Å². The third-order valence-electron chi connectivity index (χ3n) is 2.40. The molecule has 1 N–H and O–H groups in total. The van der Waals surface area contributed by atoms with Gasteiger partial charge in [-0.25, -0.2) is 12.7 Å². The maximum absolute atomic E-state index is 11.5. The normalized spacial score (nSPS) is 12.2. The average molecular weight is 292 g/mol. The molecule has 0 aliphatic heterocycles. The molecule has 7 heteroatoms. The van der Waals surface area contributed by atoms with E-state index in [2.05, 4.69) is 5.32 Å². The molecule has 104 valence electrons. The Labute approximate surface area is 113 Å². The molecule has 0 bridgehead atoms. The fraction of sp³-hybridized carbons (Fsp3) is 0.636. The van der Waals surface area contributed by atoms with E-state index in [4.69, 9.17) is 4.42 Å². The number of hydrogen-bond acceptors (Lipinski definition) is 5. The Hall–Kier alpha value is -0.500. The molecule has 0 aromatic carbocycles. The second-order valence-electron chi connectivity index (χ2n) is 4.08. The summed E-state index contributed by atoms with van der Waals surface area (Å²) < 4.78 is 29.8. The van der Waals surface area contributed by atoms with Crippen molar-refractivity contribution in [3.8, 4) is 0 Å². The van der Waals surface area contributed by atoms with Crippen LogP contribution in [-0.4, -0.2) is 45.4 Å². The van der Waals surface area contributed by atoms with Gasteiger partial charge in [0.1, 0.15) is 11.5 Å². The molecule has 18 heavy (non-hydrogen) atoms. The third-order valence-corrected chi connectivity index (χ3v) is 4.80. The number of nitrogens with zero attached hydrogens (tertiary/aromatic N) is 1. The van der Waals surface area contributed by atoms with Gasteiger partial charge in [-0.05, 0) is 18.4 Å². The summed E-state index contributed by atoms with van der Waals surface area (Å²) in [6, 6.07) is 3.86. The lowest BCUT2D eigenvalue weighted by Crippen LogP contribution is -2.30. The Kier molecular flexibility index (Phi) is 6.20. The summed E-state index contributed by atoms with van der Waals surface area (Å²) in [6.45, 7) is 0.969. The van der Waals surface area contributed by atoms with Crippen molar-refractivity contribution in [2.24, 2.45) is 0 Å². The van der Waals surface area contributed by atoms with Gasteiger partial charge in [0.15, 0.2) is 0 Å². The number of hydrogen-bond donors (Lipinski definition) is 1. The monoisotopic (exact) mass is 292 g/mol. The first kappa shape index (κ1) is 15.6. The Morgan fingerprint density at radius 3 is 2.61 bits per heavy atom. The Morgan fingerprint density at radius 1 is 1.33 bits per heavy atom. The van der Waals surface area contributed by atoms with Crippen molar-refractivity contribution in [2.45, 2.75) is 12.3 Å². The van der Waals surface area contributed by atoms with E-state index < -0.39 is 10.0 Å². The van der Waals surface area contributed by atoms with Gasteiger partial charge >= 0.3 is 0 Å². The minimum absolute atomic E-state index is 0.0956. The van der Waals surface area contributed by atoms with E-state index in [9.17, 15) is 8.42 Å². The zero-order chi connectivity index (χ0) is 13.6. The summed E-state index contributed by atoms with van der Waals surface area (Å²) in [5.41, 5.74) is 0. The molecule has 1 rings (SSSR count). The smallest absolute Gasteiger partial charge is 0.214 e. The summed E-state index contributed by atoms with van der Waals surface area (Å²) >= 11 is 1.70. The summed E-state index contributed by atoms with van der Waals surface area (Å²) in [5, 5.41) is 3.06. The standard InChI is InChI=1S/C11H20N2O3S2/c1-13(2)18(14,15)7-6-12-8-10-4-5-11(16-10)9-17-3/h4-5,12H,6-9H2,1-3H3. The second kappa shape index (κ2) is 7.18. The van der Waals surface area contributed by atoms with Gasteiger partial charge in [0.2, 0.25) is 10.0 Å². The predicted molar refractivity (Wildman–Crippen MR) is 75.1 cm³/mol. The van der Waals surface area contributed by atoms with Gasteiger partial charge in [0.05, 0.1) is 18.1 Å². The third kappa shape index (κ3) is 5.01. The Balaban J connectivity index is 2.29. The van der Waals surface area contributed by atoms with E-state index in [1.165, 1.54) is 18.4 Å². The van der Waals surface area contributed by atoms with Crippen LogP contribution in [0.1, 0.15) is 11.5 Å². The van der Waals surface area contributed by atoms with Crippen molar-refractivity contribution in [3.05, 3.63) is 23.7 Å². The van der Waals surface area contributed by atoms with Crippen molar-refractivity contribution in [1.29, 1.82) is 0 Å². The van der Waals surface area contributed by atoms with Crippen LogP contribution >= 0.6 is 11.8 Å². The molecular weight excluding hydrogens is 272 g/mol. The zero-order valence-corrected chi connectivity index (χ0v) is 12.6. The van der Waals surface area contributed by atoms with Crippen molar-refractivity contribution < 1.29 is 12.8 Å². The van der Waals surface area contributed by atoms with Gasteiger partial charge in [-0.2, -0.15) is 11.8 Å². The van der Waals surface area contributed by atoms with E-state index in [0.29, 0.717) is 13.1 Å². The first-order valence-corrected chi connectivity index (χ1v) is 8.63. The first-order chi connectivity index (χ1) is 8.45. The fourth-order valence-corrected chi connectivity index (χ4v) is 2.54. The lowest BCUT2D eigenvalue weighted by molar-refractivity contribution is 0.461. The van der Waals surface area contributed by atoms with E-state index in [1.807, 2.05) is 18.4 Å². The van der Waals surface area contributed by atoms with Gasteiger partial charge < -0.3 is 9.73 Å². The summed E-state index contributed by atoms with van der Waals surface area (Å²) in [7, 11) is -0.0426. The van der Waals surface area contributed by atoms with E-state index in [1.54, 1.807) is 11.8 Å². The molecule has 0 aliphatic rings. The minimum Gasteiger partial charge on any atom is -0.464 e. The van der Waals surface area contributed by atoms with Gasteiger partial charge in [-0.1, -0.05) is 0 Å². The van der Waals surface area contributed by atoms with Gasteiger partial charge in [0.25, 0.3) is 0 Å². The maximum Gasteiger partial charge on any atom is 0.214 e. The number of sulfonamides is 1. The number of nitrogens with one attached hydrogen (secondary N) is 1. The van der Waals surface area contributed by atoms with Crippen LogP contribution in [0.25, 0.3) is 0 Å². The van der Waals surface area contributed by atoms with Gasteiger partial charge in [-0.15, -0.1) is 0 Å². The van der Waals surface area contributed by atoms with E-state index in [0.717, 1.165) is 17.3 Å². The Morgan fingerprint density at radius 2 is 2.00 bits per heavy atom. The maximum atomic E-state index is 11.5. The van der Waals surface area contributed by atoms with Crippen LogP contribution in [0, 0.1) is 0 Å². The fourth-order valence-electron chi connectivity index (χ4n) is 1.33. The molecule has 0 unspecified atom stereocenters. The van der Waals surface area contributed by atoms with Crippen LogP contribution in [0.4, 0.5) is 0 Å². The molecule has 0 radical (unpaired) electrons. The van der Waals surface area contributed by atoms with Gasteiger partial charge in [-0.3, -0.25) is 0 Å². The van der Waals surface area contributed by atoms with Crippen LogP contribution in [0.15, 0.2) is 16.5 Å². The summed E-state index contributed by atoms with van der Waals surface area (Å²) in [6.07, 6.45) is 2.02. The molecule has 0 saturated carbocycles. The molecule has 0 fully saturated rings. The number of furan rings is 1. The average Bonchev–Trinajstić information content (AvgIpc) is 2.73. The summed E-state index contributed by atoms with van der Waals surface area (Å²) in [4.78, 5) is 0. The topological polar surface area (TPSA) is 62.6 Å². The molecule has 5 nitrogen and oxygen atoms in total. The molecule has 1 aromatic rings. The largest absolute Gasteiger partial charge is 0.464 e. The highest BCUT2D eigenvalue weighted by atomic mass is 32.2.